The molecule has 0 bridgehead atoms. The van der Waals surface area contributed by atoms with Crippen LogP contribution in [-0.4, -0.2) is 38.1 Å². The fourth-order valence-corrected chi connectivity index (χ4v) is 2.77. The van der Waals surface area contributed by atoms with Crippen molar-refractivity contribution in [2.45, 2.75) is 19.3 Å². The number of nitrogens with one attached hydrogen (secondary N) is 1. The first kappa shape index (κ1) is 20.0. The molecule has 2 nitrogen and oxygen atoms in total. The fraction of sp³-hybridized carbons (Fsp3) is 0.600. The van der Waals surface area contributed by atoms with Gasteiger partial charge >= 0.3 is 0 Å². The second-order valence-corrected chi connectivity index (χ2v) is 5.66. The lowest BCUT2D eigenvalue weighted by Crippen LogP contribution is -2.37. The minimum absolute atomic E-state index is 0. The van der Waals surface area contributed by atoms with E-state index >= 15 is 0 Å². The average molecular weight is 340 g/mol. The van der Waals surface area contributed by atoms with Crippen LogP contribution in [0.5, 0.6) is 0 Å². The van der Waals surface area contributed by atoms with Crippen molar-refractivity contribution >= 4 is 36.4 Å². The summed E-state index contributed by atoms with van der Waals surface area (Å²) in [4.78, 5) is 2.58. The lowest BCUT2D eigenvalue weighted by molar-refractivity contribution is 0.185. The number of rotatable bonds is 5. The van der Waals surface area contributed by atoms with E-state index in [2.05, 4.69) is 22.3 Å². The van der Waals surface area contributed by atoms with Gasteiger partial charge in [-0.15, -0.1) is 24.8 Å². The Morgan fingerprint density at radius 2 is 1.75 bits per heavy atom. The minimum atomic E-state index is 0. The number of piperidine rings is 1. The molecule has 1 saturated heterocycles. The van der Waals surface area contributed by atoms with Crippen LogP contribution in [-0.2, 0) is 6.42 Å². The molecule has 1 fully saturated rings. The molecule has 0 radical (unpaired) electrons. The van der Waals surface area contributed by atoms with Gasteiger partial charge in [0.2, 0.25) is 0 Å². The molecule has 5 heteroatoms. The Labute approximate surface area is 140 Å². The molecule has 0 amide bonds. The van der Waals surface area contributed by atoms with Crippen molar-refractivity contribution in [2.24, 2.45) is 5.92 Å². The van der Waals surface area contributed by atoms with E-state index in [0.29, 0.717) is 0 Å². The molecular weight excluding hydrogens is 315 g/mol. The third-order valence-electron chi connectivity index (χ3n) is 3.83. The molecule has 0 saturated carbocycles. The van der Waals surface area contributed by atoms with Crippen molar-refractivity contribution in [1.29, 1.82) is 0 Å². The van der Waals surface area contributed by atoms with Gasteiger partial charge in [-0.05, 0) is 69.6 Å². The van der Waals surface area contributed by atoms with E-state index in [9.17, 15) is 0 Å². The second-order valence-electron chi connectivity index (χ2n) is 5.22. The van der Waals surface area contributed by atoms with Gasteiger partial charge in [-0.3, -0.25) is 0 Å². The Balaban J connectivity index is 0.00000180. The van der Waals surface area contributed by atoms with Gasteiger partial charge in [0.1, 0.15) is 0 Å². The first-order chi connectivity index (χ1) is 8.78. The molecule has 1 aliphatic rings. The first-order valence-electron chi connectivity index (χ1n) is 6.89. The lowest BCUT2D eigenvalue weighted by atomic mass is 9.96. The highest BCUT2D eigenvalue weighted by atomic mass is 35.5. The van der Waals surface area contributed by atoms with Crippen molar-refractivity contribution in [1.82, 2.24) is 10.2 Å². The van der Waals surface area contributed by atoms with E-state index in [1.54, 1.807) is 0 Å². The normalized spacial score (nSPS) is 16.3. The lowest BCUT2D eigenvalue weighted by Gasteiger charge is -2.31. The van der Waals surface area contributed by atoms with Gasteiger partial charge in [0.25, 0.3) is 0 Å². The average Bonchev–Trinajstić information content (AvgIpc) is 2.40. The molecule has 1 aliphatic heterocycles. The summed E-state index contributed by atoms with van der Waals surface area (Å²) in [5, 5.41) is 4.11. The van der Waals surface area contributed by atoms with Gasteiger partial charge in [0, 0.05) is 11.6 Å². The molecule has 0 aromatic heterocycles. The van der Waals surface area contributed by atoms with Gasteiger partial charge in [0.15, 0.2) is 0 Å². The number of likely N-dealkylation sites (tertiary alicyclic amines) is 1. The van der Waals surface area contributed by atoms with Crippen LogP contribution in [0.25, 0.3) is 0 Å². The molecule has 0 atom stereocenters. The molecule has 0 aliphatic carbocycles. The van der Waals surface area contributed by atoms with Gasteiger partial charge in [0.05, 0.1) is 0 Å². The fourth-order valence-electron chi connectivity index (χ4n) is 2.64. The van der Waals surface area contributed by atoms with Crippen LogP contribution in [0.4, 0.5) is 0 Å². The summed E-state index contributed by atoms with van der Waals surface area (Å²) in [6.07, 6.45) is 3.80. The van der Waals surface area contributed by atoms with Gasteiger partial charge < -0.3 is 10.2 Å². The van der Waals surface area contributed by atoms with Crippen LogP contribution < -0.4 is 5.32 Å². The van der Waals surface area contributed by atoms with Crippen molar-refractivity contribution in [3.05, 3.63) is 34.9 Å². The molecule has 0 spiro atoms. The molecule has 20 heavy (non-hydrogen) atoms. The summed E-state index contributed by atoms with van der Waals surface area (Å²) in [6.45, 7) is 4.85. The zero-order chi connectivity index (χ0) is 12.8. The number of hydrogen-bond donors (Lipinski definition) is 1. The summed E-state index contributed by atoms with van der Waals surface area (Å²) < 4.78 is 0. The van der Waals surface area contributed by atoms with Crippen molar-refractivity contribution in [2.75, 3.05) is 33.2 Å². The van der Waals surface area contributed by atoms with Gasteiger partial charge in [-0.2, -0.15) is 0 Å². The predicted molar refractivity (Wildman–Crippen MR) is 92.7 cm³/mol. The third-order valence-corrected chi connectivity index (χ3v) is 4.08. The number of benzene rings is 1. The Morgan fingerprint density at radius 3 is 2.30 bits per heavy atom. The topological polar surface area (TPSA) is 15.3 Å². The van der Waals surface area contributed by atoms with E-state index in [1.807, 2.05) is 19.2 Å². The molecule has 2 rings (SSSR count). The Bertz CT molecular complexity index is 349. The standard InChI is InChI=1S/C15H23ClN2.2ClH/c1-17-12-14-7-10-18(11-8-14)9-6-13-2-4-15(16)5-3-13;;/h2-5,14,17H,6-12H2,1H3;2*1H. The summed E-state index contributed by atoms with van der Waals surface area (Å²) in [7, 11) is 2.05. The second kappa shape index (κ2) is 10.7. The summed E-state index contributed by atoms with van der Waals surface area (Å²) in [5.41, 5.74) is 1.39. The van der Waals surface area contributed by atoms with Crippen LogP contribution in [0.1, 0.15) is 18.4 Å². The van der Waals surface area contributed by atoms with E-state index in [4.69, 9.17) is 11.6 Å². The van der Waals surface area contributed by atoms with Crippen molar-refractivity contribution in [3.8, 4) is 0 Å². The summed E-state index contributed by atoms with van der Waals surface area (Å²) >= 11 is 5.89. The Kier molecular flexibility index (Phi) is 10.7. The van der Waals surface area contributed by atoms with E-state index in [1.165, 1.54) is 44.6 Å². The van der Waals surface area contributed by atoms with E-state index in [-0.39, 0.29) is 24.8 Å². The molecule has 116 valence electrons. The number of halogens is 3. The van der Waals surface area contributed by atoms with Crippen molar-refractivity contribution < 1.29 is 0 Å². The highest BCUT2D eigenvalue weighted by molar-refractivity contribution is 6.30. The highest BCUT2D eigenvalue weighted by Gasteiger charge is 2.17. The van der Waals surface area contributed by atoms with Crippen LogP contribution in [0.3, 0.4) is 0 Å². The van der Waals surface area contributed by atoms with Crippen LogP contribution in [0.2, 0.25) is 5.02 Å². The smallest absolute Gasteiger partial charge is 0.0406 e. The van der Waals surface area contributed by atoms with E-state index < -0.39 is 0 Å². The third kappa shape index (κ3) is 6.64. The molecule has 0 unspecified atom stereocenters. The number of nitrogens with zero attached hydrogens (tertiary/aromatic N) is 1. The van der Waals surface area contributed by atoms with Gasteiger partial charge in [-0.1, -0.05) is 23.7 Å². The summed E-state index contributed by atoms with van der Waals surface area (Å²) in [6, 6.07) is 8.23. The SMILES string of the molecule is CNCC1CCN(CCc2ccc(Cl)cc2)CC1.Cl.Cl. The Hall–Kier alpha value is 0.01000. The quantitative estimate of drug-likeness (QED) is 0.880. The molecular formula is C15H25Cl3N2. The maximum Gasteiger partial charge on any atom is 0.0406 e. The van der Waals surface area contributed by atoms with Crippen LogP contribution in [0.15, 0.2) is 24.3 Å². The van der Waals surface area contributed by atoms with Gasteiger partial charge in [-0.25, -0.2) is 0 Å². The van der Waals surface area contributed by atoms with E-state index in [0.717, 1.165) is 17.4 Å². The first-order valence-corrected chi connectivity index (χ1v) is 7.27. The maximum atomic E-state index is 5.89. The summed E-state index contributed by atoms with van der Waals surface area (Å²) in [5.74, 6) is 0.877. The highest BCUT2D eigenvalue weighted by Crippen LogP contribution is 2.17. The molecule has 1 aromatic carbocycles. The monoisotopic (exact) mass is 338 g/mol. The molecule has 1 N–H and O–H groups in total. The van der Waals surface area contributed by atoms with Crippen LogP contribution >= 0.6 is 36.4 Å². The predicted octanol–water partition coefficient (Wildman–Crippen LogP) is 3.66. The Morgan fingerprint density at radius 1 is 1.15 bits per heavy atom. The van der Waals surface area contributed by atoms with Crippen LogP contribution in [0, 0.1) is 5.92 Å². The number of hydrogen-bond acceptors (Lipinski definition) is 2. The zero-order valence-corrected chi connectivity index (χ0v) is 14.4. The minimum Gasteiger partial charge on any atom is -0.319 e. The molecule has 1 aromatic rings. The maximum absolute atomic E-state index is 5.89. The molecule has 1 heterocycles. The van der Waals surface area contributed by atoms with Crippen molar-refractivity contribution in [3.63, 3.8) is 0 Å². The zero-order valence-electron chi connectivity index (χ0n) is 12.0. The largest absolute Gasteiger partial charge is 0.319 e.